The van der Waals surface area contributed by atoms with E-state index in [0.29, 0.717) is 12.4 Å². The van der Waals surface area contributed by atoms with E-state index in [-0.39, 0.29) is 30.9 Å². The molecule has 2 unspecified atom stereocenters. The standard InChI is InChI=1S/C12H15F5N4/c1-7-2-11(13,14)6-21-9(7)5-20-10-18-3-8(4-19-10)12(15,16)17/h3-4,7,9,21H,2,5-6H2,1H3,(H,18,19,20). The Morgan fingerprint density at radius 2 is 1.95 bits per heavy atom. The lowest BCUT2D eigenvalue weighted by molar-refractivity contribution is -0.138. The van der Waals surface area contributed by atoms with Gasteiger partial charge in [-0.2, -0.15) is 13.2 Å². The summed E-state index contributed by atoms with van der Waals surface area (Å²) >= 11 is 0. The van der Waals surface area contributed by atoms with Gasteiger partial charge in [0, 0.05) is 31.4 Å². The molecule has 9 heteroatoms. The quantitative estimate of drug-likeness (QED) is 0.843. The fraction of sp³-hybridized carbons (Fsp3) is 0.667. The summed E-state index contributed by atoms with van der Waals surface area (Å²) in [5.41, 5.74) is -0.933. The minimum Gasteiger partial charge on any atom is -0.353 e. The van der Waals surface area contributed by atoms with Crippen molar-refractivity contribution in [2.24, 2.45) is 5.92 Å². The molecule has 1 aromatic heterocycles. The number of piperidine rings is 1. The third kappa shape index (κ3) is 4.23. The van der Waals surface area contributed by atoms with E-state index in [9.17, 15) is 22.0 Å². The zero-order valence-electron chi connectivity index (χ0n) is 11.2. The smallest absolute Gasteiger partial charge is 0.353 e. The normalized spacial score (nSPS) is 25.6. The van der Waals surface area contributed by atoms with E-state index in [1.54, 1.807) is 6.92 Å². The molecule has 0 amide bonds. The molecule has 4 nitrogen and oxygen atoms in total. The first-order chi connectivity index (χ1) is 9.67. The summed E-state index contributed by atoms with van der Waals surface area (Å²) in [6.45, 7) is 1.56. The first-order valence-electron chi connectivity index (χ1n) is 6.42. The van der Waals surface area contributed by atoms with E-state index in [1.807, 2.05) is 0 Å². The number of nitrogens with zero attached hydrogens (tertiary/aromatic N) is 2. The Balaban J connectivity index is 1.89. The van der Waals surface area contributed by atoms with Gasteiger partial charge in [0.1, 0.15) is 0 Å². The first-order valence-corrected chi connectivity index (χ1v) is 6.42. The van der Waals surface area contributed by atoms with Crippen LogP contribution in [0.1, 0.15) is 18.9 Å². The average Bonchev–Trinajstić information content (AvgIpc) is 2.36. The van der Waals surface area contributed by atoms with Gasteiger partial charge in [0.15, 0.2) is 0 Å². The Hall–Kier alpha value is -1.51. The van der Waals surface area contributed by atoms with Crippen LogP contribution < -0.4 is 10.6 Å². The number of aromatic nitrogens is 2. The molecule has 0 bridgehead atoms. The summed E-state index contributed by atoms with van der Waals surface area (Å²) in [4.78, 5) is 7.13. The van der Waals surface area contributed by atoms with Gasteiger partial charge in [-0.1, -0.05) is 6.92 Å². The average molecular weight is 310 g/mol. The van der Waals surface area contributed by atoms with Crippen LogP contribution in [-0.2, 0) is 6.18 Å². The maximum absolute atomic E-state index is 13.1. The van der Waals surface area contributed by atoms with Crippen LogP contribution in [0.2, 0.25) is 0 Å². The lowest BCUT2D eigenvalue weighted by Crippen LogP contribution is -2.52. The topological polar surface area (TPSA) is 49.8 Å². The van der Waals surface area contributed by atoms with Crippen molar-refractivity contribution in [3.8, 4) is 0 Å². The van der Waals surface area contributed by atoms with Crippen molar-refractivity contribution in [1.29, 1.82) is 0 Å². The van der Waals surface area contributed by atoms with Crippen molar-refractivity contribution < 1.29 is 22.0 Å². The highest BCUT2D eigenvalue weighted by Crippen LogP contribution is 2.29. The Labute approximate surface area is 118 Å². The van der Waals surface area contributed by atoms with E-state index in [0.717, 1.165) is 0 Å². The van der Waals surface area contributed by atoms with E-state index < -0.39 is 24.2 Å². The molecule has 21 heavy (non-hydrogen) atoms. The largest absolute Gasteiger partial charge is 0.419 e. The molecule has 0 aliphatic carbocycles. The van der Waals surface area contributed by atoms with Crippen molar-refractivity contribution in [1.82, 2.24) is 15.3 Å². The molecule has 1 aromatic rings. The number of halogens is 5. The van der Waals surface area contributed by atoms with Crippen LogP contribution in [-0.4, -0.2) is 35.0 Å². The number of alkyl halides is 5. The molecule has 0 saturated carbocycles. The van der Waals surface area contributed by atoms with Gasteiger partial charge in [-0.15, -0.1) is 0 Å². The lowest BCUT2D eigenvalue weighted by atomic mass is 9.90. The Bertz CT molecular complexity index is 474. The minimum atomic E-state index is -4.48. The molecule has 1 aliphatic heterocycles. The molecular formula is C12H15F5N4. The molecule has 2 N–H and O–H groups in total. The van der Waals surface area contributed by atoms with E-state index >= 15 is 0 Å². The van der Waals surface area contributed by atoms with Crippen LogP contribution in [0.15, 0.2) is 12.4 Å². The minimum absolute atomic E-state index is 0.0364. The number of nitrogens with one attached hydrogen (secondary N) is 2. The predicted molar refractivity (Wildman–Crippen MR) is 66.0 cm³/mol. The van der Waals surface area contributed by atoms with Crippen molar-refractivity contribution in [3.05, 3.63) is 18.0 Å². The van der Waals surface area contributed by atoms with E-state index in [2.05, 4.69) is 20.6 Å². The van der Waals surface area contributed by atoms with E-state index in [1.165, 1.54) is 0 Å². The highest BCUT2D eigenvalue weighted by molar-refractivity contribution is 5.26. The lowest BCUT2D eigenvalue weighted by Gasteiger charge is -2.35. The molecule has 0 radical (unpaired) electrons. The molecule has 1 fully saturated rings. The highest BCUT2D eigenvalue weighted by Gasteiger charge is 2.39. The van der Waals surface area contributed by atoms with E-state index in [4.69, 9.17) is 0 Å². The maximum atomic E-state index is 13.1. The van der Waals surface area contributed by atoms with Crippen LogP contribution in [0.3, 0.4) is 0 Å². The van der Waals surface area contributed by atoms with Gasteiger partial charge in [0.2, 0.25) is 5.95 Å². The summed E-state index contributed by atoms with van der Waals surface area (Å²) in [6, 6.07) is -0.212. The molecular weight excluding hydrogens is 295 g/mol. The fourth-order valence-corrected chi connectivity index (χ4v) is 2.21. The monoisotopic (exact) mass is 310 g/mol. The first kappa shape index (κ1) is 15.9. The van der Waals surface area contributed by atoms with Gasteiger partial charge >= 0.3 is 6.18 Å². The second kappa shape index (κ2) is 5.70. The molecule has 0 spiro atoms. The zero-order chi connectivity index (χ0) is 15.7. The SMILES string of the molecule is CC1CC(F)(F)CNC1CNc1ncc(C(F)(F)F)cn1. The molecule has 2 heterocycles. The molecule has 1 aliphatic rings. The number of anilines is 1. The summed E-state index contributed by atoms with van der Waals surface area (Å²) in [6.07, 6.45) is -3.34. The Morgan fingerprint density at radius 3 is 2.48 bits per heavy atom. The highest BCUT2D eigenvalue weighted by atomic mass is 19.4. The molecule has 0 aromatic carbocycles. The number of rotatable bonds is 3. The van der Waals surface area contributed by atoms with Crippen molar-refractivity contribution in [2.75, 3.05) is 18.4 Å². The second-order valence-electron chi connectivity index (χ2n) is 5.20. The third-order valence-corrected chi connectivity index (χ3v) is 3.39. The van der Waals surface area contributed by atoms with Gasteiger partial charge in [-0.05, 0) is 5.92 Å². The van der Waals surface area contributed by atoms with Crippen molar-refractivity contribution in [3.63, 3.8) is 0 Å². The predicted octanol–water partition coefficient (Wildman–Crippen LogP) is 2.54. The van der Waals surface area contributed by atoms with Crippen LogP contribution >= 0.6 is 0 Å². The summed E-state index contributed by atoms with van der Waals surface area (Å²) in [7, 11) is 0. The van der Waals surface area contributed by atoms with Gasteiger partial charge in [-0.25, -0.2) is 18.7 Å². The van der Waals surface area contributed by atoms with Gasteiger partial charge < -0.3 is 10.6 Å². The molecule has 1 saturated heterocycles. The zero-order valence-corrected chi connectivity index (χ0v) is 11.2. The van der Waals surface area contributed by atoms with Crippen molar-refractivity contribution in [2.45, 2.75) is 31.5 Å². The van der Waals surface area contributed by atoms with Crippen LogP contribution in [0.4, 0.5) is 27.9 Å². The van der Waals surface area contributed by atoms with Crippen molar-refractivity contribution >= 4 is 5.95 Å². The Kier molecular flexibility index (Phi) is 4.31. The summed E-state index contributed by atoms with van der Waals surface area (Å²) < 4.78 is 63.3. The molecule has 2 rings (SSSR count). The van der Waals surface area contributed by atoms with Crippen LogP contribution in [0.25, 0.3) is 0 Å². The second-order valence-corrected chi connectivity index (χ2v) is 5.20. The summed E-state index contributed by atoms with van der Waals surface area (Å²) in [5.74, 6) is -2.95. The van der Waals surface area contributed by atoms with Gasteiger partial charge in [0.05, 0.1) is 12.1 Å². The molecule has 2 atom stereocenters. The van der Waals surface area contributed by atoms with Crippen LogP contribution in [0, 0.1) is 5.92 Å². The Morgan fingerprint density at radius 1 is 1.33 bits per heavy atom. The number of hydrogen-bond donors (Lipinski definition) is 2. The number of hydrogen-bond acceptors (Lipinski definition) is 4. The molecule has 118 valence electrons. The fourth-order valence-electron chi connectivity index (χ4n) is 2.21. The van der Waals surface area contributed by atoms with Gasteiger partial charge in [-0.3, -0.25) is 0 Å². The van der Waals surface area contributed by atoms with Crippen LogP contribution in [0.5, 0.6) is 0 Å². The maximum Gasteiger partial charge on any atom is 0.419 e. The summed E-state index contributed by atoms with van der Waals surface area (Å²) in [5, 5.41) is 5.47. The van der Waals surface area contributed by atoms with Gasteiger partial charge in [0.25, 0.3) is 5.92 Å². The third-order valence-electron chi connectivity index (χ3n) is 3.39.